The van der Waals surface area contributed by atoms with Crippen LogP contribution in [0.3, 0.4) is 0 Å². The van der Waals surface area contributed by atoms with Crippen molar-refractivity contribution < 1.29 is 14.3 Å². The van der Waals surface area contributed by atoms with Gasteiger partial charge in [0.25, 0.3) is 5.91 Å². The number of ether oxygens (including phenoxy) is 1. The highest BCUT2D eigenvalue weighted by Crippen LogP contribution is 2.28. The summed E-state index contributed by atoms with van der Waals surface area (Å²) in [6.45, 7) is 6.77. The number of hydrogen-bond acceptors (Lipinski definition) is 5. The molecule has 0 fully saturated rings. The van der Waals surface area contributed by atoms with Crippen LogP contribution in [0.2, 0.25) is 0 Å². The van der Waals surface area contributed by atoms with Crippen LogP contribution in [0.15, 0.2) is 60.0 Å². The van der Waals surface area contributed by atoms with E-state index in [-0.39, 0.29) is 11.8 Å². The van der Waals surface area contributed by atoms with Crippen LogP contribution in [0, 0.1) is 0 Å². The topological polar surface area (TPSA) is 85.2 Å². The van der Waals surface area contributed by atoms with E-state index in [1.807, 2.05) is 49.4 Å². The van der Waals surface area contributed by atoms with Gasteiger partial charge in [0.15, 0.2) is 0 Å². The average molecular weight is 547 g/mol. The molecule has 1 atom stereocenters. The van der Waals surface area contributed by atoms with Gasteiger partial charge < -0.3 is 19.9 Å². The standard InChI is InChI=1S/C31H38N4O3S/c1-5-23(6-2)35-28-14-13-22(19-27(28)33-29(35)20-25-12-9-17-39-25)30(36)34-26(7-3)31(37)32-16-15-21-10-8-11-24(18-21)38-4/h8-14,17-19,23,26H,5-7,15-16,20H2,1-4H3,(H,32,37)(H,34,36)/t26-/m0/s1. The number of carbonyl (C=O) groups is 2. The zero-order chi connectivity index (χ0) is 27.8. The van der Waals surface area contributed by atoms with E-state index >= 15 is 0 Å². The summed E-state index contributed by atoms with van der Waals surface area (Å²) in [5, 5.41) is 7.95. The third-order valence-electron chi connectivity index (χ3n) is 7.12. The number of rotatable bonds is 13. The fourth-order valence-electron chi connectivity index (χ4n) is 4.92. The molecule has 2 N–H and O–H groups in total. The van der Waals surface area contributed by atoms with Crippen molar-refractivity contribution in [3.63, 3.8) is 0 Å². The molecule has 0 bridgehead atoms. The molecule has 206 valence electrons. The average Bonchev–Trinajstić information content (AvgIpc) is 3.60. The fraction of sp³-hybridized carbons (Fsp3) is 0.387. The molecular formula is C31H38N4O3S. The van der Waals surface area contributed by atoms with Gasteiger partial charge in [0.05, 0.1) is 18.1 Å². The van der Waals surface area contributed by atoms with Crippen LogP contribution in [0.1, 0.15) is 72.7 Å². The van der Waals surface area contributed by atoms with Crippen molar-refractivity contribution in [1.29, 1.82) is 0 Å². The molecule has 0 radical (unpaired) electrons. The van der Waals surface area contributed by atoms with Gasteiger partial charge in [0.1, 0.15) is 17.6 Å². The van der Waals surface area contributed by atoms with Crippen molar-refractivity contribution in [2.75, 3.05) is 13.7 Å². The molecule has 0 aliphatic heterocycles. The molecule has 0 saturated heterocycles. The van der Waals surface area contributed by atoms with E-state index in [1.54, 1.807) is 18.4 Å². The molecule has 2 aromatic heterocycles. The van der Waals surface area contributed by atoms with Gasteiger partial charge in [0.2, 0.25) is 5.91 Å². The molecule has 7 nitrogen and oxygen atoms in total. The van der Waals surface area contributed by atoms with E-state index in [9.17, 15) is 9.59 Å². The van der Waals surface area contributed by atoms with Crippen molar-refractivity contribution in [3.05, 3.63) is 81.8 Å². The third-order valence-corrected chi connectivity index (χ3v) is 8.00. The highest BCUT2D eigenvalue weighted by molar-refractivity contribution is 7.09. The van der Waals surface area contributed by atoms with Gasteiger partial charge in [-0.3, -0.25) is 9.59 Å². The normalized spacial score (nSPS) is 12.0. The Balaban J connectivity index is 1.46. The molecule has 39 heavy (non-hydrogen) atoms. The highest BCUT2D eigenvalue weighted by atomic mass is 32.1. The number of thiophene rings is 1. The lowest BCUT2D eigenvalue weighted by Crippen LogP contribution is -2.46. The summed E-state index contributed by atoms with van der Waals surface area (Å²) in [4.78, 5) is 32.3. The van der Waals surface area contributed by atoms with Crippen LogP contribution in [0.4, 0.5) is 0 Å². The molecule has 8 heteroatoms. The zero-order valence-corrected chi connectivity index (χ0v) is 24.0. The van der Waals surface area contributed by atoms with E-state index in [4.69, 9.17) is 9.72 Å². The van der Waals surface area contributed by atoms with Gasteiger partial charge in [0, 0.05) is 29.4 Å². The second-order valence-electron chi connectivity index (χ2n) is 9.65. The minimum atomic E-state index is -0.616. The van der Waals surface area contributed by atoms with Crippen molar-refractivity contribution >= 4 is 34.2 Å². The van der Waals surface area contributed by atoms with E-state index in [0.717, 1.165) is 47.4 Å². The van der Waals surface area contributed by atoms with Crippen LogP contribution < -0.4 is 15.4 Å². The van der Waals surface area contributed by atoms with E-state index < -0.39 is 6.04 Å². The number of fused-ring (bicyclic) bond motifs is 1. The molecule has 0 saturated carbocycles. The van der Waals surface area contributed by atoms with Crippen LogP contribution in [-0.2, 0) is 17.6 Å². The number of imidazole rings is 1. The molecule has 0 spiro atoms. The molecule has 0 aliphatic carbocycles. The van der Waals surface area contributed by atoms with Crippen LogP contribution in [0.5, 0.6) is 5.75 Å². The molecular weight excluding hydrogens is 508 g/mol. The Labute approximate surface area is 234 Å². The Morgan fingerprint density at radius 1 is 1.03 bits per heavy atom. The maximum atomic E-state index is 13.2. The predicted molar refractivity (Wildman–Crippen MR) is 158 cm³/mol. The summed E-state index contributed by atoms with van der Waals surface area (Å²) in [7, 11) is 1.63. The first-order chi connectivity index (χ1) is 19.0. The van der Waals surface area contributed by atoms with Gasteiger partial charge in [-0.15, -0.1) is 11.3 Å². The number of amides is 2. The lowest BCUT2D eigenvalue weighted by Gasteiger charge is -2.19. The van der Waals surface area contributed by atoms with Gasteiger partial charge in [-0.25, -0.2) is 4.98 Å². The molecule has 2 amide bonds. The fourth-order valence-corrected chi connectivity index (χ4v) is 5.62. The van der Waals surface area contributed by atoms with E-state index in [1.165, 1.54) is 4.88 Å². The summed E-state index contributed by atoms with van der Waals surface area (Å²) >= 11 is 1.73. The van der Waals surface area contributed by atoms with Crippen molar-refractivity contribution in [2.45, 2.75) is 65.0 Å². The number of hydrogen-bond donors (Lipinski definition) is 2. The van der Waals surface area contributed by atoms with Gasteiger partial charge in [-0.1, -0.05) is 39.0 Å². The Morgan fingerprint density at radius 3 is 2.54 bits per heavy atom. The molecule has 4 aromatic rings. The lowest BCUT2D eigenvalue weighted by atomic mass is 10.1. The van der Waals surface area contributed by atoms with E-state index in [0.29, 0.717) is 31.0 Å². The quantitative estimate of drug-likeness (QED) is 0.218. The summed E-state index contributed by atoms with van der Waals surface area (Å²) in [5.74, 6) is 1.34. The first kappa shape index (κ1) is 28.4. The van der Waals surface area contributed by atoms with Crippen molar-refractivity contribution in [1.82, 2.24) is 20.2 Å². The van der Waals surface area contributed by atoms with Gasteiger partial charge >= 0.3 is 0 Å². The third kappa shape index (κ3) is 6.87. The molecule has 0 unspecified atom stereocenters. The molecule has 2 heterocycles. The highest BCUT2D eigenvalue weighted by Gasteiger charge is 2.22. The first-order valence-electron chi connectivity index (χ1n) is 13.7. The van der Waals surface area contributed by atoms with Crippen LogP contribution in [0.25, 0.3) is 11.0 Å². The first-order valence-corrected chi connectivity index (χ1v) is 14.6. The minimum absolute atomic E-state index is 0.189. The Morgan fingerprint density at radius 2 is 1.85 bits per heavy atom. The number of nitrogens with one attached hydrogen (secondary N) is 2. The van der Waals surface area contributed by atoms with Crippen molar-refractivity contribution in [2.24, 2.45) is 0 Å². The van der Waals surface area contributed by atoms with Gasteiger partial charge in [-0.05, 0) is 73.0 Å². The number of benzene rings is 2. The summed E-state index contributed by atoms with van der Waals surface area (Å²) < 4.78 is 7.60. The Kier molecular flexibility index (Phi) is 9.76. The van der Waals surface area contributed by atoms with Gasteiger partial charge in [-0.2, -0.15) is 0 Å². The molecule has 0 aliphatic rings. The number of aromatic nitrogens is 2. The zero-order valence-electron chi connectivity index (χ0n) is 23.2. The number of nitrogens with zero attached hydrogens (tertiary/aromatic N) is 2. The van der Waals surface area contributed by atoms with E-state index in [2.05, 4.69) is 46.6 Å². The van der Waals surface area contributed by atoms with Crippen LogP contribution in [-0.4, -0.2) is 41.1 Å². The second kappa shape index (κ2) is 13.4. The Hall–Kier alpha value is -3.65. The molecule has 4 rings (SSSR count). The maximum absolute atomic E-state index is 13.2. The number of methoxy groups -OCH3 is 1. The second-order valence-corrected chi connectivity index (χ2v) is 10.7. The van der Waals surface area contributed by atoms with Crippen LogP contribution >= 0.6 is 11.3 Å². The largest absolute Gasteiger partial charge is 0.497 e. The SMILES string of the molecule is CCC(CC)n1c(Cc2cccs2)nc2cc(C(=O)N[C@@H](CC)C(=O)NCCc3cccc(OC)c3)ccc21. The number of carbonyl (C=O) groups excluding carboxylic acids is 2. The minimum Gasteiger partial charge on any atom is -0.497 e. The lowest BCUT2D eigenvalue weighted by molar-refractivity contribution is -0.123. The Bertz CT molecular complexity index is 1390. The summed E-state index contributed by atoms with van der Waals surface area (Å²) in [5.41, 5.74) is 3.42. The predicted octanol–water partition coefficient (Wildman–Crippen LogP) is 5.93. The summed E-state index contributed by atoms with van der Waals surface area (Å²) in [6, 6.07) is 17.4. The smallest absolute Gasteiger partial charge is 0.252 e. The summed E-state index contributed by atoms with van der Waals surface area (Å²) in [6.07, 6.45) is 3.95. The van der Waals surface area contributed by atoms with Crippen molar-refractivity contribution in [3.8, 4) is 5.75 Å². The maximum Gasteiger partial charge on any atom is 0.252 e. The monoisotopic (exact) mass is 546 g/mol. The molecule has 2 aromatic carbocycles.